The molecule has 34 heavy (non-hydrogen) atoms. The van der Waals surface area contributed by atoms with Crippen molar-refractivity contribution in [3.05, 3.63) is 45.5 Å². The third kappa shape index (κ3) is 5.98. The standard InChI is InChI=1S/C28H43ClN2O3/c1-9-21-23(17-31-34-8)26(32)22(27(33-7)25(21)29)13-11-18(3)15-16-28(6)19(4)12-14-24(20(28)5)30-10-2/h11,15-17,19-20,24,30,32H,9-10,12-14H2,1-8H3/b16-15+,18-11+,31-17+/t19-,20+,24?,28+/m1/s1. The molecular formula is C28H43ClN2O3. The summed E-state index contributed by atoms with van der Waals surface area (Å²) in [6.45, 7) is 14.4. The number of nitrogens with one attached hydrogen (secondary N) is 1. The number of oxime groups is 1. The van der Waals surface area contributed by atoms with Gasteiger partial charge >= 0.3 is 0 Å². The lowest BCUT2D eigenvalue weighted by Gasteiger charge is -2.47. The van der Waals surface area contributed by atoms with Crippen LogP contribution in [0.4, 0.5) is 0 Å². The Balaban J connectivity index is 2.36. The first-order valence-corrected chi connectivity index (χ1v) is 12.8. The minimum Gasteiger partial charge on any atom is -0.507 e. The molecule has 0 saturated heterocycles. The van der Waals surface area contributed by atoms with E-state index in [-0.39, 0.29) is 11.2 Å². The number of allylic oxidation sites excluding steroid dienone is 4. The third-order valence-electron chi connectivity index (χ3n) is 7.81. The molecule has 4 atom stereocenters. The molecule has 0 aliphatic heterocycles. The van der Waals surface area contributed by atoms with Crippen molar-refractivity contribution in [2.24, 2.45) is 22.4 Å². The number of methoxy groups -OCH3 is 1. The largest absolute Gasteiger partial charge is 0.507 e. The van der Waals surface area contributed by atoms with Crippen LogP contribution in [0, 0.1) is 17.3 Å². The van der Waals surface area contributed by atoms with E-state index in [9.17, 15) is 5.11 Å². The van der Waals surface area contributed by atoms with Crippen LogP contribution in [0.25, 0.3) is 0 Å². The molecule has 0 spiro atoms. The molecule has 2 N–H and O–H groups in total. The molecule has 1 fully saturated rings. The fraction of sp³-hybridized carbons (Fsp3) is 0.607. The van der Waals surface area contributed by atoms with Crippen molar-refractivity contribution in [2.45, 2.75) is 73.3 Å². The molecule has 6 heteroatoms. The van der Waals surface area contributed by atoms with E-state index in [0.717, 1.165) is 17.7 Å². The van der Waals surface area contributed by atoms with Gasteiger partial charge in [0.2, 0.25) is 0 Å². The normalized spacial score (nSPS) is 25.9. The van der Waals surface area contributed by atoms with E-state index in [1.165, 1.54) is 26.2 Å². The highest BCUT2D eigenvalue weighted by Gasteiger charge is 2.42. The zero-order chi connectivity index (χ0) is 25.5. The highest BCUT2D eigenvalue weighted by atomic mass is 35.5. The molecular weight excluding hydrogens is 448 g/mol. The van der Waals surface area contributed by atoms with Crippen LogP contribution in [0.1, 0.15) is 71.1 Å². The fourth-order valence-corrected chi connectivity index (χ4v) is 5.59. The smallest absolute Gasteiger partial charge is 0.144 e. The second kappa shape index (κ2) is 12.6. The van der Waals surface area contributed by atoms with Crippen molar-refractivity contribution in [3.8, 4) is 11.5 Å². The Hall–Kier alpha value is -1.98. The van der Waals surface area contributed by atoms with Gasteiger partial charge in [-0.3, -0.25) is 0 Å². The molecule has 0 amide bonds. The van der Waals surface area contributed by atoms with Gasteiger partial charge in [-0.25, -0.2) is 0 Å². The summed E-state index contributed by atoms with van der Waals surface area (Å²) in [4.78, 5) is 4.83. The van der Waals surface area contributed by atoms with Crippen LogP contribution < -0.4 is 10.1 Å². The molecule has 2 rings (SSSR count). The number of hydrogen-bond acceptors (Lipinski definition) is 5. The molecule has 0 radical (unpaired) electrons. The molecule has 1 saturated carbocycles. The molecule has 1 aliphatic rings. The summed E-state index contributed by atoms with van der Waals surface area (Å²) in [6, 6.07) is 0.549. The van der Waals surface area contributed by atoms with E-state index in [0.29, 0.717) is 52.6 Å². The van der Waals surface area contributed by atoms with E-state index < -0.39 is 0 Å². The summed E-state index contributed by atoms with van der Waals surface area (Å²) >= 11 is 6.66. The third-order valence-corrected chi connectivity index (χ3v) is 8.21. The number of aromatic hydroxyl groups is 1. The number of nitrogens with zero attached hydrogens (tertiary/aromatic N) is 1. The minimum atomic E-state index is 0.121. The average molecular weight is 491 g/mol. The zero-order valence-corrected chi connectivity index (χ0v) is 22.9. The second-order valence-corrected chi connectivity index (χ2v) is 10.00. The molecule has 1 aliphatic carbocycles. The number of ether oxygens (including phenoxy) is 1. The highest BCUT2D eigenvalue weighted by Crippen LogP contribution is 2.46. The Morgan fingerprint density at radius 2 is 1.94 bits per heavy atom. The monoisotopic (exact) mass is 490 g/mol. The summed E-state index contributed by atoms with van der Waals surface area (Å²) in [5, 5.41) is 19.1. The van der Waals surface area contributed by atoms with Crippen molar-refractivity contribution in [2.75, 3.05) is 20.8 Å². The number of phenols is 1. The molecule has 5 nitrogen and oxygen atoms in total. The van der Waals surface area contributed by atoms with Crippen molar-refractivity contribution in [1.29, 1.82) is 0 Å². The van der Waals surface area contributed by atoms with Gasteiger partial charge in [-0.1, -0.05) is 75.2 Å². The van der Waals surface area contributed by atoms with E-state index in [1.807, 2.05) is 6.92 Å². The van der Waals surface area contributed by atoms with Crippen molar-refractivity contribution >= 4 is 17.8 Å². The topological polar surface area (TPSA) is 63.1 Å². The number of benzene rings is 1. The Morgan fingerprint density at radius 1 is 1.24 bits per heavy atom. The first-order chi connectivity index (χ1) is 16.2. The molecule has 0 aromatic heterocycles. The van der Waals surface area contributed by atoms with Crippen LogP contribution in [0.5, 0.6) is 11.5 Å². The van der Waals surface area contributed by atoms with Crippen molar-refractivity contribution in [1.82, 2.24) is 5.32 Å². The minimum absolute atomic E-state index is 0.121. The van der Waals surface area contributed by atoms with Crippen molar-refractivity contribution < 1.29 is 14.7 Å². The van der Waals surface area contributed by atoms with Gasteiger partial charge in [-0.15, -0.1) is 0 Å². The van der Waals surface area contributed by atoms with Crippen LogP contribution in [0.2, 0.25) is 5.02 Å². The van der Waals surface area contributed by atoms with Crippen LogP contribution in [0.15, 0.2) is 29.0 Å². The van der Waals surface area contributed by atoms with E-state index >= 15 is 0 Å². The molecule has 0 heterocycles. The maximum atomic E-state index is 11.1. The van der Waals surface area contributed by atoms with Gasteiger partial charge in [0, 0.05) is 17.2 Å². The number of halogens is 1. The number of rotatable bonds is 10. The van der Waals surface area contributed by atoms with Crippen LogP contribution in [-0.2, 0) is 17.7 Å². The lowest BCUT2D eigenvalue weighted by atomic mass is 9.60. The van der Waals surface area contributed by atoms with E-state index in [1.54, 1.807) is 7.11 Å². The quantitative estimate of drug-likeness (QED) is 0.218. The Labute approximate surface area is 211 Å². The van der Waals surface area contributed by atoms with Gasteiger partial charge in [0.25, 0.3) is 0 Å². The first kappa shape index (κ1) is 28.3. The van der Waals surface area contributed by atoms with Crippen LogP contribution >= 0.6 is 11.6 Å². The lowest BCUT2D eigenvalue weighted by Crippen LogP contribution is -2.48. The van der Waals surface area contributed by atoms with Gasteiger partial charge in [0.05, 0.1) is 18.3 Å². The van der Waals surface area contributed by atoms with E-state index in [2.05, 4.69) is 63.3 Å². The molecule has 190 valence electrons. The summed E-state index contributed by atoms with van der Waals surface area (Å²) in [7, 11) is 3.05. The average Bonchev–Trinajstić information content (AvgIpc) is 2.82. The van der Waals surface area contributed by atoms with Gasteiger partial charge in [-0.2, -0.15) is 0 Å². The van der Waals surface area contributed by atoms with E-state index in [4.69, 9.17) is 21.2 Å². The van der Waals surface area contributed by atoms with Gasteiger partial charge in [0.1, 0.15) is 18.6 Å². The van der Waals surface area contributed by atoms with Crippen LogP contribution in [-0.4, -0.2) is 38.1 Å². The van der Waals surface area contributed by atoms with Gasteiger partial charge < -0.3 is 20.0 Å². The Morgan fingerprint density at radius 3 is 2.53 bits per heavy atom. The predicted octanol–water partition coefficient (Wildman–Crippen LogP) is 6.69. The summed E-state index contributed by atoms with van der Waals surface area (Å²) in [5.41, 5.74) is 3.25. The Bertz CT molecular complexity index is 925. The number of phenolic OH excluding ortho intramolecular Hbond substituents is 1. The molecule has 1 unspecified atom stereocenters. The summed E-state index contributed by atoms with van der Waals surface area (Å²) in [6.07, 6.45) is 11.8. The number of hydrogen-bond donors (Lipinski definition) is 2. The van der Waals surface area contributed by atoms with Crippen LogP contribution in [0.3, 0.4) is 0 Å². The summed E-state index contributed by atoms with van der Waals surface area (Å²) in [5.74, 6) is 1.80. The van der Waals surface area contributed by atoms with Gasteiger partial charge in [-0.05, 0) is 62.0 Å². The first-order valence-electron chi connectivity index (χ1n) is 12.4. The SMILES string of the molecule is CCNC1CC[C@@H](C)[C@](C)(/C=C/C(C)=C/Cc2c(O)c(/C=N/OC)c(CC)c(Cl)c2OC)[C@H]1C. The maximum Gasteiger partial charge on any atom is 0.144 e. The van der Waals surface area contributed by atoms with Gasteiger partial charge in [0.15, 0.2) is 0 Å². The molecule has 0 bridgehead atoms. The highest BCUT2D eigenvalue weighted by molar-refractivity contribution is 6.33. The zero-order valence-electron chi connectivity index (χ0n) is 22.2. The molecule has 1 aromatic carbocycles. The molecule has 1 aromatic rings. The second-order valence-electron chi connectivity index (χ2n) is 9.62. The maximum absolute atomic E-state index is 11.1. The lowest BCUT2D eigenvalue weighted by molar-refractivity contribution is 0.0802. The Kier molecular flexibility index (Phi) is 10.5. The fourth-order valence-electron chi connectivity index (χ4n) is 5.17. The van der Waals surface area contributed by atoms with Crippen molar-refractivity contribution in [3.63, 3.8) is 0 Å². The summed E-state index contributed by atoms with van der Waals surface area (Å²) < 4.78 is 5.60. The predicted molar refractivity (Wildman–Crippen MR) is 143 cm³/mol.